The maximum Gasteiger partial charge on any atom is 0.211 e. The van der Waals surface area contributed by atoms with E-state index in [0.29, 0.717) is 17.7 Å². The largest absolute Gasteiger partial charge is 0.345 e. The van der Waals surface area contributed by atoms with Crippen molar-refractivity contribution in [3.8, 4) is 0 Å². The zero-order valence-corrected chi connectivity index (χ0v) is 17.4. The SMILES string of the molecule is C=C(c1cnc[nH]1)c1cccc(C)c1Cc1cc(C)c(C)c(C(=O)c2cnc[nH]2)c1. The highest BCUT2D eigenvalue weighted by molar-refractivity contribution is 6.08. The fourth-order valence-electron chi connectivity index (χ4n) is 3.79. The van der Waals surface area contributed by atoms with Gasteiger partial charge in [0.1, 0.15) is 5.69 Å². The summed E-state index contributed by atoms with van der Waals surface area (Å²) in [6, 6.07) is 10.4. The fraction of sp³-hybridized carbons (Fsp3) is 0.160. The average molecular weight is 396 g/mol. The van der Waals surface area contributed by atoms with E-state index < -0.39 is 0 Å². The highest BCUT2D eigenvalue weighted by Crippen LogP contribution is 2.29. The summed E-state index contributed by atoms with van der Waals surface area (Å²) in [4.78, 5) is 27.1. The van der Waals surface area contributed by atoms with E-state index in [1.54, 1.807) is 18.7 Å². The summed E-state index contributed by atoms with van der Waals surface area (Å²) < 4.78 is 0. The molecule has 0 amide bonds. The Morgan fingerprint density at radius 3 is 2.30 bits per heavy atom. The number of aryl methyl sites for hydroxylation is 2. The lowest BCUT2D eigenvalue weighted by Gasteiger charge is -2.16. The lowest BCUT2D eigenvalue weighted by molar-refractivity contribution is 0.103. The highest BCUT2D eigenvalue weighted by atomic mass is 16.1. The molecule has 0 bridgehead atoms. The highest BCUT2D eigenvalue weighted by Gasteiger charge is 2.17. The van der Waals surface area contributed by atoms with Crippen LogP contribution in [0.3, 0.4) is 0 Å². The Kier molecular flexibility index (Phi) is 5.19. The first kappa shape index (κ1) is 19.6. The van der Waals surface area contributed by atoms with Crippen molar-refractivity contribution in [2.45, 2.75) is 27.2 Å². The quantitative estimate of drug-likeness (QED) is 0.453. The van der Waals surface area contributed by atoms with Crippen LogP contribution in [0.5, 0.6) is 0 Å². The van der Waals surface area contributed by atoms with Crippen LogP contribution in [0, 0.1) is 20.8 Å². The number of nitrogens with one attached hydrogen (secondary N) is 2. The van der Waals surface area contributed by atoms with Crippen molar-refractivity contribution in [3.63, 3.8) is 0 Å². The number of aromatic amines is 2. The third-order valence-corrected chi connectivity index (χ3v) is 5.65. The predicted molar refractivity (Wildman–Crippen MR) is 119 cm³/mol. The molecule has 4 rings (SSSR count). The van der Waals surface area contributed by atoms with Gasteiger partial charge < -0.3 is 9.97 Å². The molecule has 0 unspecified atom stereocenters. The molecule has 2 aromatic heterocycles. The topological polar surface area (TPSA) is 74.4 Å². The number of carbonyl (C=O) groups excluding carboxylic acids is 1. The molecule has 30 heavy (non-hydrogen) atoms. The van der Waals surface area contributed by atoms with E-state index in [1.165, 1.54) is 17.5 Å². The van der Waals surface area contributed by atoms with Crippen LogP contribution < -0.4 is 0 Å². The van der Waals surface area contributed by atoms with Gasteiger partial charge in [-0.1, -0.05) is 30.8 Å². The first-order chi connectivity index (χ1) is 14.5. The molecule has 0 saturated heterocycles. The summed E-state index contributed by atoms with van der Waals surface area (Å²) >= 11 is 0. The maximum absolute atomic E-state index is 13.0. The average Bonchev–Trinajstić information content (AvgIpc) is 3.45. The van der Waals surface area contributed by atoms with Gasteiger partial charge in [-0.05, 0) is 72.2 Å². The summed E-state index contributed by atoms with van der Waals surface area (Å²) in [5, 5.41) is 0. The van der Waals surface area contributed by atoms with Crippen molar-refractivity contribution < 1.29 is 4.79 Å². The van der Waals surface area contributed by atoms with Crippen LogP contribution in [0.25, 0.3) is 5.57 Å². The second kappa shape index (κ2) is 7.95. The Balaban J connectivity index is 1.75. The van der Waals surface area contributed by atoms with Crippen LogP contribution in [0.1, 0.15) is 55.1 Å². The van der Waals surface area contributed by atoms with E-state index in [0.717, 1.165) is 33.5 Å². The number of carbonyl (C=O) groups is 1. The molecule has 0 aliphatic carbocycles. The first-order valence-electron chi connectivity index (χ1n) is 9.85. The summed E-state index contributed by atoms with van der Waals surface area (Å²) in [5.74, 6) is -0.0400. The molecule has 0 aliphatic rings. The molecule has 0 fully saturated rings. The van der Waals surface area contributed by atoms with Gasteiger partial charge in [-0.2, -0.15) is 0 Å². The minimum absolute atomic E-state index is 0.0400. The zero-order valence-electron chi connectivity index (χ0n) is 17.4. The molecule has 2 N–H and O–H groups in total. The molecule has 2 aromatic carbocycles. The Labute approximate surface area is 175 Å². The Bertz CT molecular complexity index is 1220. The van der Waals surface area contributed by atoms with E-state index in [9.17, 15) is 4.79 Å². The van der Waals surface area contributed by atoms with Crippen LogP contribution in [0.15, 0.2) is 62.0 Å². The van der Waals surface area contributed by atoms with Gasteiger partial charge in [-0.3, -0.25) is 4.79 Å². The summed E-state index contributed by atoms with van der Waals surface area (Å²) in [5.41, 5.74) is 9.65. The number of hydrogen-bond acceptors (Lipinski definition) is 3. The minimum atomic E-state index is -0.0400. The second-order valence-electron chi connectivity index (χ2n) is 7.60. The molecule has 0 radical (unpaired) electrons. The van der Waals surface area contributed by atoms with Crippen molar-refractivity contribution >= 4 is 11.4 Å². The van der Waals surface area contributed by atoms with Crippen LogP contribution in [-0.4, -0.2) is 25.7 Å². The molecule has 0 atom stereocenters. The zero-order chi connectivity index (χ0) is 21.3. The molecule has 5 heteroatoms. The number of H-pyrrole nitrogens is 2. The second-order valence-corrected chi connectivity index (χ2v) is 7.60. The van der Waals surface area contributed by atoms with Gasteiger partial charge in [-0.25, -0.2) is 9.97 Å². The standard InChI is InChI=1S/C25H24N4O/c1-15-6-5-7-20(18(4)23-11-26-13-28-23)21(15)9-19-8-16(2)17(3)22(10-19)25(30)24-12-27-14-29-24/h5-8,10-14H,4,9H2,1-3H3,(H,26,28)(H,27,29). The lowest BCUT2D eigenvalue weighted by Crippen LogP contribution is -2.07. The Morgan fingerprint density at radius 2 is 1.63 bits per heavy atom. The van der Waals surface area contributed by atoms with E-state index in [-0.39, 0.29) is 5.78 Å². The van der Waals surface area contributed by atoms with Gasteiger partial charge in [0, 0.05) is 5.56 Å². The molecule has 5 nitrogen and oxygen atoms in total. The number of imidazole rings is 2. The van der Waals surface area contributed by atoms with Gasteiger partial charge >= 0.3 is 0 Å². The molecule has 0 spiro atoms. The van der Waals surface area contributed by atoms with Crippen LogP contribution in [0.2, 0.25) is 0 Å². The molecule has 0 saturated carbocycles. The van der Waals surface area contributed by atoms with Gasteiger partial charge in [-0.15, -0.1) is 0 Å². The lowest BCUT2D eigenvalue weighted by atomic mass is 9.88. The predicted octanol–water partition coefficient (Wildman–Crippen LogP) is 4.94. The summed E-state index contributed by atoms with van der Waals surface area (Å²) in [6.07, 6.45) is 7.25. The monoisotopic (exact) mass is 396 g/mol. The molecule has 150 valence electrons. The van der Waals surface area contributed by atoms with E-state index >= 15 is 0 Å². The van der Waals surface area contributed by atoms with Crippen LogP contribution in [-0.2, 0) is 6.42 Å². The van der Waals surface area contributed by atoms with Crippen molar-refractivity contribution in [2.24, 2.45) is 0 Å². The number of rotatable bonds is 6. The maximum atomic E-state index is 13.0. The fourth-order valence-corrected chi connectivity index (χ4v) is 3.79. The Morgan fingerprint density at radius 1 is 0.933 bits per heavy atom. The normalized spacial score (nSPS) is 10.9. The first-order valence-corrected chi connectivity index (χ1v) is 9.85. The van der Waals surface area contributed by atoms with E-state index in [2.05, 4.69) is 51.6 Å². The van der Waals surface area contributed by atoms with Crippen LogP contribution in [0.4, 0.5) is 0 Å². The number of ketones is 1. The summed E-state index contributed by atoms with van der Waals surface area (Å²) in [7, 11) is 0. The Hall–Kier alpha value is -3.73. The minimum Gasteiger partial charge on any atom is -0.345 e. The van der Waals surface area contributed by atoms with Gasteiger partial charge in [0.05, 0.1) is 30.7 Å². The summed E-state index contributed by atoms with van der Waals surface area (Å²) in [6.45, 7) is 10.4. The molecule has 0 aliphatic heterocycles. The van der Waals surface area contributed by atoms with Gasteiger partial charge in [0.15, 0.2) is 0 Å². The van der Waals surface area contributed by atoms with E-state index in [4.69, 9.17) is 0 Å². The third-order valence-electron chi connectivity index (χ3n) is 5.65. The van der Waals surface area contributed by atoms with Crippen molar-refractivity contribution in [2.75, 3.05) is 0 Å². The smallest absolute Gasteiger partial charge is 0.211 e. The van der Waals surface area contributed by atoms with Crippen molar-refractivity contribution in [3.05, 3.63) is 112 Å². The number of nitrogens with zero attached hydrogens (tertiary/aromatic N) is 2. The number of hydrogen-bond donors (Lipinski definition) is 2. The molecule has 4 aromatic rings. The molecular weight excluding hydrogens is 372 g/mol. The van der Waals surface area contributed by atoms with E-state index in [1.807, 2.05) is 26.0 Å². The van der Waals surface area contributed by atoms with Crippen molar-refractivity contribution in [1.82, 2.24) is 19.9 Å². The van der Waals surface area contributed by atoms with Gasteiger partial charge in [0.25, 0.3) is 0 Å². The number of benzene rings is 2. The van der Waals surface area contributed by atoms with Crippen LogP contribution >= 0.6 is 0 Å². The molecular formula is C25H24N4O. The van der Waals surface area contributed by atoms with Gasteiger partial charge in [0.2, 0.25) is 5.78 Å². The third kappa shape index (κ3) is 3.62. The van der Waals surface area contributed by atoms with Crippen molar-refractivity contribution in [1.29, 1.82) is 0 Å². The molecule has 2 heterocycles. The number of aromatic nitrogens is 4.